The highest BCUT2D eigenvalue weighted by atomic mass is 35.5. The number of amides is 1. The van der Waals surface area contributed by atoms with E-state index in [9.17, 15) is 4.79 Å². The number of quaternary nitrogens is 1. The van der Waals surface area contributed by atoms with Crippen molar-refractivity contribution in [1.29, 1.82) is 0 Å². The average molecular weight is 533 g/mol. The van der Waals surface area contributed by atoms with E-state index in [0.717, 1.165) is 57.3 Å². The Morgan fingerprint density at radius 2 is 1.82 bits per heavy atom. The summed E-state index contributed by atoms with van der Waals surface area (Å²) in [6, 6.07) is 18.1. The number of rotatable bonds is 3. The first-order chi connectivity index (χ1) is 18.2. The van der Waals surface area contributed by atoms with Crippen molar-refractivity contribution in [3.63, 3.8) is 0 Å². The van der Waals surface area contributed by atoms with Crippen LogP contribution in [-0.4, -0.2) is 36.5 Å². The summed E-state index contributed by atoms with van der Waals surface area (Å²) in [7, 11) is 0. The fourth-order valence-electron chi connectivity index (χ4n) is 8.77. The zero-order chi connectivity index (χ0) is 24.8. The predicted octanol–water partition coefficient (Wildman–Crippen LogP) is 2.56. The molecule has 1 aromatic heterocycles. The van der Waals surface area contributed by atoms with Gasteiger partial charge in [0.25, 0.3) is 0 Å². The Labute approximate surface area is 232 Å². The number of furan rings is 1. The van der Waals surface area contributed by atoms with Gasteiger partial charge < -0.3 is 27.0 Å². The van der Waals surface area contributed by atoms with Crippen molar-refractivity contribution < 1.29 is 26.9 Å². The molecule has 202 valence electrons. The molecule has 7 rings (SSSR count). The lowest BCUT2D eigenvalue weighted by molar-refractivity contribution is -0.640. The van der Waals surface area contributed by atoms with Gasteiger partial charge in [-0.05, 0) is 79.5 Å². The van der Waals surface area contributed by atoms with Gasteiger partial charge in [-0.3, -0.25) is 4.79 Å². The number of fused-ring (bicyclic) bond motifs is 4. The molecule has 3 heterocycles. The molecule has 1 amide bonds. The van der Waals surface area contributed by atoms with Gasteiger partial charge >= 0.3 is 0 Å². The van der Waals surface area contributed by atoms with Crippen molar-refractivity contribution in [3.8, 4) is 0 Å². The molecule has 2 saturated heterocycles. The number of carbonyl (C=O) groups excluding carboxylic acids is 1. The molecule has 2 N–H and O–H groups in total. The van der Waals surface area contributed by atoms with E-state index in [-0.39, 0.29) is 23.7 Å². The monoisotopic (exact) mass is 532 g/mol. The Hall–Kier alpha value is -2.30. The number of nitrogens with zero attached hydrogens (tertiary/aromatic N) is 1. The minimum absolute atomic E-state index is 0. The maximum absolute atomic E-state index is 14.7. The molecule has 1 saturated carbocycles. The first kappa shape index (κ1) is 26.0. The third kappa shape index (κ3) is 4.29. The second-order valence-electron chi connectivity index (χ2n) is 12.4. The number of aryl methyl sites for hydroxylation is 1. The Balaban J connectivity index is 0.00000264. The lowest BCUT2D eigenvalue weighted by Gasteiger charge is -2.47. The van der Waals surface area contributed by atoms with Crippen LogP contribution in [0.1, 0.15) is 80.4 Å². The largest absolute Gasteiger partial charge is 1.00 e. The van der Waals surface area contributed by atoms with Gasteiger partial charge in [-0.1, -0.05) is 61.7 Å². The van der Waals surface area contributed by atoms with Crippen LogP contribution in [0.2, 0.25) is 0 Å². The van der Waals surface area contributed by atoms with Gasteiger partial charge in [0.2, 0.25) is 5.91 Å². The van der Waals surface area contributed by atoms with E-state index in [1.807, 2.05) is 6.26 Å². The van der Waals surface area contributed by atoms with E-state index in [0.29, 0.717) is 23.8 Å². The van der Waals surface area contributed by atoms with E-state index in [2.05, 4.69) is 58.7 Å². The molecule has 0 unspecified atom stereocenters. The van der Waals surface area contributed by atoms with E-state index in [1.54, 1.807) is 0 Å². The van der Waals surface area contributed by atoms with Crippen molar-refractivity contribution in [2.24, 2.45) is 11.8 Å². The number of hydrogen-bond acceptors (Lipinski definition) is 2. The third-order valence-corrected chi connectivity index (χ3v) is 10.6. The molecular formula is C33H41ClN2O2. The van der Waals surface area contributed by atoms with Gasteiger partial charge in [0.15, 0.2) is 0 Å². The van der Waals surface area contributed by atoms with Crippen LogP contribution in [0.3, 0.4) is 0 Å². The Bertz CT molecular complexity index is 1270. The molecule has 38 heavy (non-hydrogen) atoms. The van der Waals surface area contributed by atoms with E-state index < -0.39 is 0 Å². The summed E-state index contributed by atoms with van der Waals surface area (Å²) >= 11 is 0. The summed E-state index contributed by atoms with van der Waals surface area (Å²) in [5, 5.41) is 3.62. The van der Waals surface area contributed by atoms with Gasteiger partial charge in [-0.2, -0.15) is 0 Å². The summed E-state index contributed by atoms with van der Waals surface area (Å²) < 4.78 is 5.98. The summed E-state index contributed by atoms with van der Waals surface area (Å²) in [6.07, 6.45) is 14.0. The molecule has 2 aliphatic heterocycles. The zero-order valence-electron chi connectivity index (χ0n) is 22.4. The first-order valence-corrected chi connectivity index (χ1v) is 14.9. The van der Waals surface area contributed by atoms with Gasteiger partial charge in [0.1, 0.15) is 11.5 Å². The van der Waals surface area contributed by atoms with Crippen molar-refractivity contribution >= 4 is 16.9 Å². The molecule has 0 radical (unpaired) electrons. The fraction of sp³-hybridized carbons (Fsp3) is 0.545. The summed E-state index contributed by atoms with van der Waals surface area (Å²) in [4.78, 5) is 17.1. The number of carbonyl (C=O) groups is 1. The van der Waals surface area contributed by atoms with Gasteiger partial charge in [-0.15, -0.1) is 0 Å². The standard InChI is InChI=1S/C33H40N2O2.ClH/c36-32(29-21-34-22-33(29)17-7-12-27-28(33)14-13-25-16-19-37-31(25)27)35-18-15-26(23-8-3-1-4-9-23)20-30(35)24-10-5-2-6-11-24;/h1,3-4,8-9,13-14,16,19,24,26,29-30,34H,2,5-7,10-12,15,17-18,20-22H2;1H/t26-,29+,30+,33+;/m1./s1. The van der Waals surface area contributed by atoms with Crippen LogP contribution >= 0.6 is 0 Å². The molecule has 1 spiro atoms. The highest BCUT2D eigenvalue weighted by Crippen LogP contribution is 2.48. The van der Waals surface area contributed by atoms with Crippen molar-refractivity contribution in [2.45, 2.75) is 81.6 Å². The molecule has 5 heteroatoms. The predicted molar refractivity (Wildman–Crippen MR) is 146 cm³/mol. The number of halogens is 1. The van der Waals surface area contributed by atoms with Crippen molar-refractivity contribution in [1.82, 2.24) is 4.90 Å². The third-order valence-electron chi connectivity index (χ3n) is 10.6. The number of hydrogen-bond donors (Lipinski definition) is 1. The van der Waals surface area contributed by atoms with Crippen LogP contribution in [0.15, 0.2) is 59.2 Å². The summed E-state index contributed by atoms with van der Waals surface area (Å²) in [5.74, 6) is 1.75. The van der Waals surface area contributed by atoms with Crippen LogP contribution in [0, 0.1) is 11.8 Å². The highest BCUT2D eigenvalue weighted by Gasteiger charge is 2.55. The number of piperidine rings is 1. The van der Waals surface area contributed by atoms with Crippen molar-refractivity contribution in [3.05, 3.63) is 71.5 Å². The number of benzene rings is 2. The second-order valence-corrected chi connectivity index (χ2v) is 12.4. The van der Waals surface area contributed by atoms with Crippen LogP contribution in [-0.2, 0) is 16.6 Å². The minimum atomic E-state index is -0.0565. The van der Waals surface area contributed by atoms with Crippen molar-refractivity contribution in [2.75, 3.05) is 19.6 Å². The zero-order valence-corrected chi connectivity index (χ0v) is 23.2. The normalized spacial score (nSPS) is 29.8. The summed E-state index contributed by atoms with van der Waals surface area (Å²) in [5.41, 5.74) is 5.23. The smallest absolute Gasteiger partial charge is 0.232 e. The molecule has 2 aliphatic carbocycles. The molecule has 4 nitrogen and oxygen atoms in total. The molecule has 2 aromatic carbocycles. The Morgan fingerprint density at radius 1 is 0.974 bits per heavy atom. The van der Waals surface area contributed by atoms with Gasteiger partial charge in [0.05, 0.1) is 24.8 Å². The second kappa shape index (κ2) is 10.7. The SMILES string of the molecule is O=C([C@@H]1C[NH2+]C[C@]12CCCc1c2ccc2ccoc12)N1CC[C@@H](c2ccccc2)C[C@H]1C1CCCCC1.[Cl-]. The van der Waals surface area contributed by atoms with Crippen LogP contribution in [0.25, 0.3) is 11.0 Å². The van der Waals surface area contributed by atoms with E-state index in [4.69, 9.17) is 4.42 Å². The number of likely N-dealkylation sites (tertiary alicyclic amines) is 1. The molecule has 0 bridgehead atoms. The first-order valence-electron chi connectivity index (χ1n) is 14.9. The molecule has 4 aliphatic rings. The molecular weight excluding hydrogens is 492 g/mol. The fourth-order valence-corrected chi connectivity index (χ4v) is 8.77. The quantitative estimate of drug-likeness (QED) is 0.563. The Kier molecular flexibility index (Phi) is 7.30. The lowest BCUT2D eigenvalue weighted by atomic mass is 9.63. The van der Waals surface area contributed by atoms with Gasteiger partial charge in [0, 0.05) is 18.0 Å². The average Bonchev–Trinajstić information content (AvgIpc) is 3.62. The molecule has 4 atom stereocenters. The molecule has 3 aromatic rings. The maximum Gasteiger partial charge on any atom is 0.232 e. The topological polar surface area (TPSA) is 50.1 Å². The van der Waals surface area contributed by atoms with E-state index in [1.165, 1.54) is 54.2 Å². The molecule has 3 fully saturated rings. The summed E-state index contributed by atoms with van der Waals surface area (Å²) in [6.45, 7) is 2.86. The number of nitrogens with two attached hydrogens (primary N) is 1. The minimum Gasteiger partial charge on any atom is -1.00 e. The maximum atomic E-state index is 14.7. The highest BCUT2D eigenvalue weighted by molar-refractivity contribution is 5.85. The van der Waals surface area contributed by atoms with Crippen LogP contribution in [0.4, 0.5) is 0 Å². The van der Waals surface area contributed by atoms with E-state index >= 15 is 0 Å². The Morgan fingerprint density at radius 3 is 2.66 bits per heavy atom. The van der Waals surface area contributed by atoms with Crippen LogP contribution in [0.5, 0.6) is 0 Å². The van der Waals surface area contributed by atoms with Crippen LogP contribution < -0.4 is 17.7 Å². The van der Waals surface area contributed by atoms with Gasteiger partial charge in [-0.25, -0.2) is 0 Å². The lowest BCUT2D eigenvalue weighted by Crippen LogP contribution is -3.00.